The van der Waals surface area contributed by atoms with E-state index in [1.807, 2.05) is 25.1 Å². The number of hydrogen-bond donors (Lipinski definition) is 1. The summed E-state index contributed by atoms with van der Waals surface area (Å²) in [6.07, 6.45) is 5.41. The van der Waals surface area contributed by atoms with E-state index in [1.54, 1.807) is 6.20 Å². The lowest BCUT2D eigenvalue weighted by molar-refractivity contribution is 0.0934. The third-order valence-electron chi connectivity index (χ3n) is 3.81. The third-order valence-corrected chi connectivity index (χ3v) is 4.09. The minimum Gasteiger partial charge on any atom is -0.343 e. The number of hydrogen-bond acceptors (Lipinski definition) is 5. The Balaban J connectivity index is 1.77. The Hall–Kier alpha value is -2.21. The SMILES string of the molecule is C[C@H](NC(=O)c1nc(N2CCCC2)ncc1Cl)c1ccccn1. The normalized spacial score (nSPS) is 15.5. The molecule has 1 aliphatic heterocycles. The van der Waals surface area contributed by atoms with Crippen molar-refractivity contribution in [2.24, 2.45) is 0 Å². The number of halogens is 1. The van der Waals surface area contributed by atoms with Crippen molar-refractivity contribution in [2.45, 2.75) is 25.8 Å². The fourth-order valence-corrected chi connectivity index (χ4v) is 2.73. The van der Waals surface area contributed by atoms with Crippen molar-refractivity contribution >= 4 is 23.5 Å². The van der Waals surface area contributed by atoms with Crippen LogP contribution in [0.2, 0.25) is 5.02 Å². The molecule has 1 fully saturated rings. The van der Waals surface area contributed by atoms with Gasteiger partial charge in [-0.2, -0.15) is 0 Å². The predicted molar refractivity (Wildman–Crippen MR) is 88.6 cm³/mol. The summed E-state index contributed by atoms with van der Waals surface area (Å²) in [5, 5.41) is 3.13. The molecule has 0 bridgehead atoms. The molecule has 1 aliphatic rings. The van der Waals surface area contributed by atoms with Gasteiger partial charge in [0.05, 0.1) is 23.0 Å². The van der Waals surface area contributed by atoms with E-state index in [9.17, 15) is 4.79 Å². The minimum absolute atomic E-state index is 0.200. The molecule has 3 rings (SSSR count). The summed E-state index contributed by atoms with van der Waals surface area (Å²) in [4.78, 5) is 27.4. The fourth-order valence-electron chi connectivity index (χ4n) is 2.56. The van der Waals surface area contributed by atoms with Crippen LogP contribution < -0.4 is 10.2 Å². The van der Waals surface area contributed by atoms with E-state index in [0.717, 1.165) is 31.6 Å². The molecule has 3 heterocycles. The molecule has 0 unspecified atom stereocenters. The lowest BCUT2D eigenvalue weighted by Crippen LogP contribution is -2.29. The molecule has 0 aliphatic carbocycles. The standard InChI is InChI=1S/C16H18ClN5O/c1-11(13-6-2-3-7-18-13)20-15(23)14-12(17)10-19-16(21-14)22-8-4-5-9-22/h2-3,6-7,10-11H,4-5,8-9H2,1H3,(H,20,23)/t11-/m0/s1. The van der Waals surface area contributed by atoms with Crippen LogP contribution in [-0.4, -0.2) is 33.9 Å². The number of amides is 1. The molecule has 23 heavy (non-hydrogen) atoms. The number of nitrogens with one attached hydrogen (secondary N) is 1. The van der Waals surface area contributed by atoms with E-state index in [-0.39, 0.29) is 22.7 Å². The first-order valence-corrected chi connectivity index (χ1v) is 8.02. The highest BCUT2D eigenvalue weighted by Gasteiger charge is 2.21. The van der Waals surface area contributed by atoms with Gasteiger partial charge in [-0.1, -0.05) is 17.7 Å². The van der Waals surface area contributed by atoms with Crippen LogP contribution in [0.4, 0.5) is 5.95 Å². The Labute approximate surface area is 139 Å². The van der Waals surface area contributed by atoms with Crippen molar-refractivity contribution in [1.82, 2.24) is 20.3 Å². The maximum atomic E-state index is 12.5. The Bertz CT molecular complexity index is 688. The average Bonchev–Trinajstić information content (AvgIpc) is 3.10. The topological polar surface area (TPSA) is 71.0 Å². The first-order chi connectivity index (χ1) is 11.1. The van der Waals surface area contributed by atoms with Gasteiger partial charge in [0.25, 0.3) is 5.91 Å². The van der Waals surface area contributed by atoms with Crippen molar-refractivity contribution in [3.05, 3.63) is 47.0 Å². The molecule has 0 spiro atoms. The summed E-state index contributed by atoms with van der Waals surface area (Å²) >= 11 is 6.11. The summed E-state index contributed by atoms with van der Waals surface area (Å²) in [7, 11) is 0. The maximum absolute atomic E-state index is 12.5. The van der Waals surface area contributed by atoms with Crippen LogP contribution in [0.1, 0.15) is 42.0 Å². The largest absolute Gasteiger partial charge is 0.343 e. The monoisotopic (exact) mass is 331 g/mol. The van der Waals surface area contributed by atoms with E-state index < -0.39 is 0 Å². The van der Waals surface area contributed by atoms with Gasteiger partial charge in [0, 0.05) is 19.3 Å². The summed E-state index contributed by atoms with van der Waals surface area (Å²) in [5.74, 6) is 0.235. The number of carbonyl (C=O) groups is 1. The fraction of sp³-hybridized carbons (Fsp3) is 0.375. The minimum atomic E-state index is -0.323. The molecule has 7 heteroatoms. The van der Waals surface area contributed by atoms with Crippen molar-refractivity contribution in [3.8, 4) is 0 Å². The average molecular weight is 332 g/mol. The highest BCUT2D eigenvalue weighted by Crippen LogP contribution is 2.20. The lowest BCUT2D eigenvalue weighted by Gasteiger charge is -2.17. The van der Waals surface area contributed by atoms with Crippen LogP contribution in [0, 0.1) is 0 Å². The summed E-state index contributed by atoms with van der Waals surface area (Å²) in [5.41, 5.74) is 0.983. The van der Waals surface area contributed by atoms with Gasteiger partial charge in [-0.15, -0.1) is 0 Å². The molecular formula is C16H18ClN5O. The first kappa shape index (κ1) is 15.7. The van der Waals surface area contributed by atoms with Gasteiger partial charge < -0.3 is 10.2 Å². The van der Waals surface area contributed by atoms with Crippen molar-refractivity contribution < 1.29 is 4.79 Å². The zero-order chi connectivity index (χ0) is 16.2. The molecular weight excluding hydrogens is 314 g/mol. The molecule has 0 aromatic carbocycles. The summed E-state index contributed by atoms with van der Waals surface area (Å²) < 4.78 is 0. The quantitative estimate of drug-likeness (QED) is 0.932. The number of anilines is 1. The number of pyridine rings is 1. The lowest BCUT2D eigenvalue weighted by atomic mass is 10.2. The molecule has 0 radical (unpaired) electrons. The second kappa shape index (κ2) is 6.91. The van der Waals surface area contributed by atoms with Crippen molar-refractivity contribution in [2.75, 3.05) is 18.0 Å². The molecule has 1 atom stereocenters. The van der Waals surface area contributed by atoms with Crippen molar-refractivity contribution in [3.63, 3.8) is 0 Å². The maximum Gasteiger partial charge on any atom is 0.272 e. The van der Waals surface area contributed by atoms with E-state index in [0.29, 0.717) is 5.95 Å². The van der Waals surface area contributed by atoms with Gasteiger partial charge in [-0.3, -0.25) is 9.78 Å². The van der Waals surface area contributed by atoms with E-state index in [1.165, 1.54) is 6.20 Å². The number of nitrogens with zero attached hydrogens (tertiary/aromatic N) is 4. The Morgan fingerprint density at radius 3 is 2.78 bits per heavy atom. The smallest absolute Gasteiger partial charge is 0.272 e. The van der Waals surface area contributed by atoms with Crippen LogP contribution >= 0.6 is 11.6 Å². The van der Waals surface area contributed by atoms with Gasteiger partial charge in [0.2, 0.25) is 5.95 Å². The first-order valence-electron chi connectivity index (χ1n) is 7.64. The van der Waals surface area contributed by atoms with E-state index >= 15 is 0 Å². The van der Waals surface area contributed by atoms with E-state index in [2.05, 4.69) is 25.2 Å². The molecule has 0 saturated carbocycles. The molecule has 120 valence electrons. The summed E-state index contributed by atoms with van der Waals surface area (Å²) in [6.45, 7) is 3.69. The van der Waals surface area contributed by atoms with Gasteiger partial charge in [-0.25, -0.2) is 9.97 Å². The van der Waals surface area contributed by atoms with E-state index in [4.69, 9.17) is 11.6 Å². The molecule has 1 N–H and O–H groups in total. The second-order valence-corrected chi connectivity index (χ2v) is 5.92. The van der Waals surface area contributed by atoms with Gasteiger partial charge >= 0.3 is 0 Å². The number of carbonyl (C=O) groups excluding carboxylic acids is 1. The Kier molecular flexibility index (Phi) is 4.71. The van der Waals surface area contributed by atoms with Gasteiger partial charge in [0.1, 0.15) is 0 Å². The van der Waals surface area contributed by atoms with Crippen LogP contribution in [0.25, 0.3) is 0 Å². The summed E-state index contributed by atoms with van der Waals surface area (Å²) in [6, 6.07) is 5.35. The number of aromatic nitrogens is 3. The zero-order valence-electron chi connectivity index (χ0n) is 12.9. The molecule has 6 nitrogen and oxygen atoms in total. The van der Waals surface area contributed by atoms with Crippen LogP contribution in [0.5, 0.6) is 0 Å². The predicted octanol–water partition coefficient (Wildman–Crippen LogP) is 2.62. The van der Waals surface area contributed by atoms with Crippen LogP contribution in [-0.2, 0) is 0 Å². The van der Waals surface area contributed by atoms with Crippen LogP contribution in [0.15, 0.2) is 30.6 Å². The molecule has 1 saturated heterocycles. The Morgan fingerprint density at radius 2 is 2.09 bits per heavy atom. The third kappa shape index (κ3) is 3.59. The highest BCUT2D eigenvalue weighted by atomic mass is 35.5. The highest BCUT2D eigenvalue weighted by molar-refractivity contribution is 6.33. The van der Waals surface area contributed by atoms with Gasteiger partial charge in [0.15, 0.2) is 5.69 Å². The van der Waals surface area contributed by atoms with Gasteiger partial charge in [-0.05, 0) is 31.9 Å². The second-order valence-electron chi connectivity index (χ2n) is 5.51. The molecule has 2 aromatic heterocycles. The zero-order valence-corrected chi connectivity index (χ0v) is 13.6. The molecule has 1 amide bonds. The van der Waals surface area contributed by atoms with Crippen molar-refractivity contribution in [1.29, 1.82) is 0 Å². The molecule has 2 aromatic rings. The van der Waals surface area contributed by atoms with Crippen LogP contribution in [0.3, 0.4) is 0 Å². The number of rotatable bonds is 4. The Morgan fingerprint density at radius 1 is 1.30 bits per heavy atom.